The van der Waals surface area contributed by atoms with Crippen LogP contribution < -0.4 is 5.32 Å². The van der Waals surface area contributed by atoms with Crippen LogP contribution in [0.15, 0.2) is 24.4 Å². The van der Waals surface area contributed by atoms with Crippen LogP contribution in [0.4, 0.5) is 5.82 Å². The molecular weight excluding hydrogens is 302 g/mol. The number of aromatic nitrogens is 3. The van der Waals surface area contributed by atoms with Gasteiger partial charge in [0.05, 0.1) is 11.3 Å². The second kappa shape index (κ2) is 7.03. The van der Waals surface area contributed by atoms with Gasteiger partial charge in [-0.3, -0.25) is 9.89 Å². The molecule has 1 amide bonds. The molecule has 1 fully saturated rings. The van der Waals surface area contributed by atoms with Crippen LogP contribution in [0.2, 0.25) is 0 Å². The van der Waals surface area contributed by atoms with Crippen molar-refractivity contribution < 1.29 is 4.79 Å². The number of likely N-dealkylation sites (tertiary alicyclic amines) is 1. The standard InChI is InChI=1S/C18H25N5O/c1-12(2)20-17-15(7-4-8-19-17)18(24)23-9-5-6-14(11-23)16-10-13(3)21-22-16/h4,7-8,10,12,14H,5-6,9,11H2,1-3H3,(H,19,20)(H,21,22). The van der Waals surface area contributed by atoms with Crippen LogP contribution in [0.1, 0.15) is 54.4 Å². The van der Waals surface area contributed by atoms with Crippen molar-refractivity contribution in [3.63, 3.8) is 0 Å². The fraction of sp³-hybridized carbons (Fsp3) is 0.500. The van der Waals surface area contributed by atoms with Crippen LogP contribution in [-0.4, -0.2) is 45.1 Å². The smallest absolute Gasteiger partial charge is 0.257 e. The quantitative estimate of drug-likeness (QED) is 0.905. The molecule has 3 heterocycles. The Labute approximate surface area is 142 Å². The molecule has 0 radical (unpaired) electrons. The number of hydrogen-bond acceptors (Lipinski definition) is 4. The number of aromatic amines is 1. The second-order valence-electron chi connectivity index (χ2n) is 6.76. The van der Waals surface area contributed by atoms with Crippen molar-refractivity contribution >= 4 is 11.7 Å². The molecule has 1 aliphatic heterocycles. The van der Waals surface area contributed by atoms with E-state index >= 15 is 0 Å². The number of anilines is 1. The van der Waals surface area contributed by atoms with E-state index in [1.165, 1.54) is 0 Å². The van der Waals surface area contributed by atoms with Crippen molar-refractivity contribution in [3.05, 3.63) is 41.3 Å². The zero-order chi connectivity index (χ0) is 17.1. The first-order chi connectivity index (χ1) is 11.5. The maximum Gasteiger partial charge on any atom is 0.257 e. The molecule has 1 atom stereocenters. The van der Waals surface area contributed by atoms with Gasteiger partial charge in [-0.25, -0.2) is 4.98 Å². The van der Waals surface area contributed by atoms with E-state index in [0.717, 1.165) is 30.8 Å². The summed E-state index contributed by atoms with van der Waals surface area (Å²) in [6.45, 7) is 7.58. The number of nitrogens with one attached hydrogen (secondary N) is 2. The number of carbonyl (C=O) groups excluding carboxylic acids is 1. The van der Waals surface area contributed by atoms with Crippen molar-refractivity contribution in [1.82, 2.24) is 20.1 Å². The molecule has 3 rings (SSSR count). The maximum atomic E-state index is 13.0. The van der Waals surface area contributed by atoms with E-state index in [2.05, 4.69) is 26.6 Å². The van der Waals surface area contributed by atoms with E-state index in [4.69, 9.17) is 0 Å². The van der Waals surface area contributed by atoms with Crippen molar-refractivity contribution in [2.45, 2.75) is 45.6 Å². The third-order valence-corrected chi connectivity index (χ3v) is 4.32. The lowest BCUT2D eigenvalue weighted by molar-refractivity contribution is 0.0706. The molecule has 2 aromatic rings. The number of hydrogen-bond donors (Lipinski definition) is 2. The second-order valence-corrected chi connectivity index (χ2v) is 6.76. The first-order valence-corrected chi connectivity index (χ1v) is 8.57. The van der Waals surface area contributed by atoms with Gasteiger partial charge in [0.2, 0.25) is 0 Å². The first-order valence-electron chi connectivity index (χ1n) is 8.57. The summed E-state index contributed by atoms with van der Waals surface area (Å²) in [7, 11) is 0. The van der Waals surface area contributed by atoms with E-state index in [0.29, 0.717) is 23.8 Å². The Bertz CT molecular complexity index is 709. The fourth-order valence-corrected chi connectivity index (χ4v) is 3.19. The monoisotopic (exact) mass is 327 g/mol. The summed E-state index contributed by atoms with van der Waals surface area (Å²) in [5.41, 5.74) is 2.76. The van der Waals surface area contributed by atoms with Gasteiger partial charge in [0, 0.05) is 36.9 Å². The number of piperidine rings is 1. The van der Waals surface area contributed by atoms with Crippen LogP contribution in [0.25, 0.3) is 0 Å². The SMILES string of the molecule is Cc1cc(C2CCCN(C(=O)c3cccnc3NC(C)C)C2)n[nH]1. The Balaban J connectivity index is 1.77. The average molecular weight is 327 g/mol. The molecule has 24 heavy (non-hydrogen) atoms. The minimum Gasteiger partial charge on any atom is -0.367 e. The Kier molecular flexibility index (Phi) is 4.83. The van der Waals surface area contributed by atoms with Gasteiger partial charge in [-0.1, -0.05) is 0 Å². The molecule has 0 bridgehead atoms. The maximum absolute atomic E-state index is 13.0. The predicted octanol–water partition coefficient (Wildman–Crippen LogP) is 2.95. The Hall–Kier alpha value is -2.37. The number of amides is 1. The van der Waals surface area contributed by atoms with Crippen LogP contribution >= 0.6 is 0 Å². The Morgan fingerprint density at radius 2 is 2.29 bits per heavy atom. The van der Waals surface area contributed by atoms with Crippen LogP contribution in [0.3, 0.4) is 0 Å². The molecule has 128 valence electrons. The molecule has 0 saturated carbocycles. The number of carbonyl (C=O) groups is 1. The largest absolute Gasteiger partial charge is 0.367 e. The number of pyridine rings is 1. The molecule has 6 nitrogen and oxygen atoms in total. The zero-order valence-corrected chi connectivity index (χ0v) is 14.5. The summed E-state index contributed by atoms with van der Waals surface area (Å²) in [4.78, 5) is 19.3. The van der Waals surface area contributed by atoms with Gasteiger partial charge in [-0.05, 0) is 51.8 Å². The highest BCUT2D eigenvalue weighted by Crippen LogP contribution is 2.27. The molecule has 1 saturated heterocycles. The third kappa shape index (κ3) is 3.58. The van der Waals surface area contributed by atoms with Gasteiger partial charge in [0.15, 0.2) is 0 Å². The van der Waals surface area contributed by atoms with Crippen LogP contribution in [0.5, 0.6) is 0 Å². The van der Waals surface area contributed by atoms with Gasteiger partial charge in [-0.2, -0.15) is 5.10 Å². The van der Waals surface area contributed by atoms with E-state index in [1.807, 2.05) is 37.8 Å². The topological polar surface area (TPSA) is 73.9 Å². The van der Waals surface area contributed by atoms with Crippen molar-refractivity contribution in [1.29, 1.82) is 0 Å². The minimum absolute atomic E-state index is 0.0446. The number of nitrogens with zero attached hydrogens (tertiary/aromatic N) is 3. The summed E-state index contributed by atoms with van der Waals surface area (Å²) in [6.07, 6.45) is 3.78. The molecule has 6 heteroatoms. The lowest BCUT2D eigenvalue weighted by Gasteiger charge is -2.32. The molecule has 1 unspecified atom stereocenters. The summed E-state index contributed by atoms with van der Waals surface area (Å²) < 4.78 is 0. The summed E-state index contributed by atoms with van der Waals surface area (Å²) in [5, 5.41) is 10.6. The van der Waals surface area contributed by atoms with E-state index in [-0.39, 0.29) is 11.9 Å². The Morgan fingerprint density at radius 1 is 1.46 bits per heavy atom. The van der Waals surface area contributed by atoms with Gasteiger partial charge >= 0.3 is 0 Å². The average Bonchev–Trinajstić information content (AvgIpc) is 3.01. The number of aryl methyl sites for hydroxylation is 1. The number of rotatable bonds is 4. The fourth-order valence-electron chi connectivity index (χ4n) is 3.19. The highest BCUT2D eigenvalue weighted by molar-refractivity contribution is 5.98. The lowest BCUT2D eigenvalue weighted by Crippen LogP contribution is -2.39. The van der Waals surface area contributed by atoms with E-state index < -0.39 is 0 Å². The molecule has 0 aromatic carbocycles. The molecule has 0 aliphatic carbocycles. The van der Waals surface area contributed by atoms with Gasteiger partial charge in [0.1, 0.15) is 5.82 Å². The molecular formula is C18H25N5O. The third-order valence-electron chi connectivity index (χ3n) is 4.32. The van der Waals surface area contributed by atoms with E-state index in [1.54, 1.807) is 6.20 Å². The van der Waals surface area contributed by atoms with Gasteiger partial charge in [0.25, 0.3) is 5.91 Å². The lowest BCUT2D eigenvalue weighted by atomic mass is 9.94. The number of H-pyrrole nitrogens is 1. The molecule has 1 aliphatic rings. The highest BCUT2D eigenvalue weighted by Gasteiger charge is 2.28. The van der Waals surface area contributed by atoms with Crippen molar-refractivity contribution in [3.8, 4) is 0 Å². The Morgan fingerprint density at radius 3 is 3.00 bits per heavy atom. The first kappa shape index (κ1) is 16.5. The van der Waals surface area contributed by atoms with Gasteiger partial charge in [-0.15, -0.1) is 0 Å². The molecule has 2 aromatic heterocycles. The van der Waals surface area contributed by atoms with Crippen LogP contribution in [0, 0.1) is 6.92 Å². The van der Waals surface area contributed by atoms with E-state index in [9.17, 15) is 4.79 Å². The van der Waals surface area contributed by atoms with Crippen molar-refractivity contribution in [2.24, 2.45) is 0 Å². The van der Waals surface area contributed by atoms with Crippen molar-refractivity contribution in [2.75, 3.05) is 18.4 Å². The summed E-state index contributed by atoms with van der Waals surface area (Å²) in [5.74, 6) is 1.00. The van der Waals surface area contributed by atoms with Crippen LogP contribution in [-0.2, 0) is 0 Å². The summed E-state index contributed by atoms with van der Waals surface area (Å²) in [6, 6.07) is 5.97. The highest BCUT2D eigenvalue weighted by atomic mass is 16.2. The zero-order valence-electron chi connectivity index (χ0n) is 14.5. The molecule has 0 spiro atoms. The predicted molar refractivity (Wildman–Crippen MR) is 94.2 cm³/mol. The molecule has 2 N–H and O–H groups in total. The summed E-state index contributed by atoms with van der Waals surface area (Å²) >= 11 is 0. The van der Waals surface area contributed by atoms with Gasteiger partial charge < -0.3 is 10.2 Å². The normalized spacial score (nSPS) is 18.0. The minimum atomic E-state index is 0.0446.